The summed E-state index contributed by atoms with van der Waals surface area (Å²) in [4.78, 5) is 2.56. The molecule has 1 aliphatic rings. The molecule has 3 nitrogen and oxygen atoms in total. The minimum atomic E-state index is 0.334. The van der Waals surface area contributed by atoms with Crippen LogP contribution in [0.15, 0.2) is 0 Å². The molecule has 0 aromatic heterocycles. The van der Waals surface area contributed by atoms with Gasteiger partial charge in [-0.25, -0.2) is 0 Å². The number of nitrogens with zero attached hydrogens (tertiary/aromatic N) is 1. The first-order valence-electron chi connectivity index (χ1n) is 6.43. The molecule has 3 heteroatoms. The summed E-state index contributed by atoms with van der Waals surface area (Å²) in [5.41, 5.74) is 5.81. The number of rotatable bonds is 6. The highest BCUT2D eigenvalue weighted by Gasteiger charge is 2.18. The summed E-state index contributed by atoms with van der Waals surface area (Å²) < 4.78 is 0. The van der Waals surface area contributed by atoms with Gasteiger partial charge in [0.25, 0.3) is 0 Å². The smallest absolute Gasteiger partial charge is 0.0431 e. The Morgan fingerprint density at radius 3 is 2.73 bits per heavy atom. The van der Waals surface area contributed by atoms with Crippen LogP contribution in [0.25, 0.3) is 0 Å². The van der Waals surface area contributed by atoms with Crippen LogP contribution in [0.5, 0.6) is 0 Å². The van der Waals surface area contributed by atoms with Gasteiger partial charge < -0.3 is 10.8 Å². The lowest BCUT2D eigenvalue weighted by atomic mass is 10.1. The van der Waals surface area contributed by atoms with Gasteiger partial charge in [-0.1, -0.05) is 12.8 Å². The van der Waals surface area contributed by atoms with Crippen LogP contribution < -0.4 is 5.73 Å². The van der Waals surface area contributed by atoms with Crippen LogP contribution >= 0.6 is 0 Å². The number of likely N-dealkylation sites (tertiary alicyclic amines) is 1. The zero-order valence-corrected chi connectivity index (χ0v) is 9.83. The molecule has 0 saturated carbocycles. The summed E-state index contributed by atoms with van der Waals surface area (Å²) in [6.07, 6.45) is 8.61. The van der Waals surface area contributed by atoms with Crippen molar-refractivity contribution in [3.63, 3.8) is 0 Å². The number of unbranched alkanes of at least 4 members (excludes halogenated alkanes) is 2. The second-order valence-corrected chi connectivity index (χ2v) is 4.56. The molecule has 1 heterocycles. The second kappa shape index (κ2) is 8.08. The molecule has 1 unspecified atom stereocenters. The van der Waals surface area contributed by atoms with E-state index in [-0.39, 0.29) is 0 Å². The molecule has 0 aromatic rings. The van der Waals surface area contributed by atoms with Gasteiger partial charge in [0.1, 0.15) is 0 Å². The number of aliphatic hydroxyl groups excluding tert-OH is 1. The lowest BCUT2D eigenvalue weighted by Crippen LogP contribution is -2.40. The Morgan fingerprint density at radius 1 is 1.13 bits per heavy atom. The van der Waals surface area contributed by atoms with Gasteiger partial charge in [-0.05, 0) is 45.2 Å². The lowest BCUT2D eigenvalue weighted by Gasteiger charge is -2.28. The summed E-state index contributed by atoms with van der Waals surface area (Å²) in [5.74, 6) is 0. The quantitative estimate of drug-likeness (QED) is 0.656. The van der Waals surface area contributed by atoms with Gasteiger partial charge in [-0.2, -0.15) is 0 Å². The van der Waals surface area contributed by atoms with E-state index in [0.29, 0.717) is 12.6 Å². The fraction of sp³-hybridized carbons (Fsp3) is 1.00. The molecule has 1 saturated heterocycles. The maximum Gasteiger partial charge on any atom is 0.0431 e. The highest BCUT2D eigenvalue weighted by atomic mass is 16.2. The third-order valence-corrected chi connectivity index (χ3v) is 3.37. The lowest BCUT2D eigenvalue weighted by molar-refractivity contribution is 0.197. The molecule has 1 fully saturated rings. The Bertz CT molecular complexity index is 153. The van der Waals surface area contributed by atoms with Crippen LogP contribution in [0, 0.1) is 0 Å². The van der Waals surface area contributed by atoms with E-state index in [1.165, 1.54) is 45.2 Å². The SMILES string of the molecule is NCC1CCCCCN1CCCCCO. The molecular formula is C12H26N2O. The first-order chi connectivity index (χ1) is 7.38. The van der Waals surface area contributed by atoms with Gasteiger partial charge in [0.15, 0.2) is 0 Å². The van der Waals surface area contributed by atoms with Crippen molar-refractivity contribution in [2.75, 3.05) is 26.2 Å². The van der Waals surface area contributed by atoms with Crippen molar-refractivity contribution in [2.45, 2.75) is 51.0 Å². The average molecular weight is 214 g/mol. The largest absolute Gasteiger partial charge is 0.396 e. The summed E-state index contributed by atoms with van der Waals surface area (Å²) in [7, 11) is 0. The molecule has 90 valence electrons. The fourth-order valence-electron chi connectivity index (χ4n) is 2.40. The minimum absolute atomic E-state index is 0.334. The van der Waals surface area contributed by atoms with Gasteiger partial charge in [0.2, 0.25) is 0 Å². The average Bonchev–Trinajstić information content (AvgIpc) is 2.49. The summed E-state index contributed by atoms with van der Waals surface area (Å²) in [5, 5.41) is 8.71. The summed E-state index contributed by atoms with van der Waals surface area (Å²) in [6.45, 7) is 3.53. The normalized spacial score (nSPS) is 24.0. The maximum absolute atomic E-state index is 8.71. The van der Waals surface area contributed by atoms with Crippen LogP contribution in [0.3, 0.4) is 0 Å². The monoisotopic (exact) mass is 214 g/mol. The Kier molecular flexibility index (Phi) is 6.98. The van der Waals surface area contributed by atoms with Crippen LogP contribution in [0.2, 0.25) is 0 Å². The number of aliphatic hydroxyl groups is 1. The van der Waals surface area contributed by atoms with E-state index in [1.54, 1.807) is 0 Å². The Labute approximate surface area is 93.6 Å². The van der Waals surface area contributed by atoms with Crippen molar-refractivity contribution in [2.24, 2.45) is 5.73 Å². The number of hydrogen-bond donors (Lipinski definition) is 2. The molecule has 1 rings (SSSR count). The number of nitrogens with two attached hydrogens (primary N) is 1. The third kappa shape index (κ3) is 4.96. The Hall–Kier alpha value is -0.120. The topological polar surface area (TPSA) is 49.5 Å². The highest BCUT2D eigenvalue weighted by molar-refractivity contribution is 4.75. The van der Waals surface area contributed by atoms with Crippen molar-refractivity contribution in [3.05, 3.63) is 0 Å². The zero-order chi connectivity index (χ0) is 10.9. The first-order valence-corrected chi connectivity index (χ1v) is 6.43. The van der Waals surface area contributed by atoms with Crippen LogP contribution in [0.4, 0.5) is 0 Å². The van der Waals surface area contributed by atoms with E-state index in [4.69, 9.17) is 10.8 Å². The molecule has 15 heavy (non-hydrogen) atoms. The van der Waals surface area contributed by atoms with Crippen molar-refractivity contribution < 1.29 is 5.11 Å². The van der Waals surface area contributed by atoms with Gasteiger partial charge in [0, 0.05) is 19.2 Å². The van der Waals surface area contributed by atoms with E-state index in [0.717, 1.165) is 19.4 Å². The van der Waals surface area contributed by atoms with Gasteiger partial charge >= 0.3 is 0 Å². The predicted molar refractivity (Wildman–Crippen MR) is 63.8 cm³/mol. The summed E-state index contributed by atoms with van der Waals surface area (Å²) >= 11 is 0. The standard InChI is InChI=1S/C12H26N2O/c13-11-12-7-3-1-4-8-14(12)9-5-2-6-10-15/h12,15H,1-11,13H2. The molecule has 0 spiro atoms. The Balaban J connectivity index is 2.22. The molecule has 3 N–H and O–H groups in total. The van der Waals surface area contributed by atoms with E-state index in [2.05, 4.69) is 4.90 Å². The highest BCUT2D eigenvalue weighted by Crippen LogP contribution is 2.16. The molecule has 0 bridgehead atoms. The second-order valence-electron chi connectivity index (χ2n) is 4.56. The zero-order valence-electron chi connectivity index (χ0n) is 9.83. The van der Waals surface area contributed by atoms with Crippen LogP contribution in [0.1, 0.15) is 44.9 Å². The molecule has 1 aliphatic heterocycles. The van der Waals surface area contributed by atoms with Crippen LogP contribution in [-0.4, -0.2) is 42.3 Å². The van der Waals surface area contributed by atoms with Crippen LogP contribution in [-0.2, 0) is 0 Å². The predicted octanol–water partition coefficient (Wildman–Crippen LogP) is 1.35. The van der Waals surface area contributed by atoms with E-state index < -0.39 is 0 Å². The molecule has 0 radical (unpaired) electrons. The van der Waals surface area contributed by atoms with Crippen molar-refractivity contribution in [1.29, 1.82) is 0 Å². The summed E-state index contributed by atoms with van der Waals surface area (Å²) in [6, 6.07) is 0.613. The first kappa shape index (κ1) is 12.9. The number of hydrogen-bond acceptors (Lipinski definition) is 3. The van der Waals surface area contributed by atoms with E-state index >= 15 is 0 Å². The van der Waals surface area contributed by atoms with Gasteiger partial charge in [-0.3, -0.25) is 4.90 Å². The van der Waals surface area contributed by atoms with E-state index in [9.17, 15) is 0 Å². The van der Waals surface area contributed by atoms with Gasteiger partial charge in [0.05, 0.1) is 0 Å². The molecule has 0 aliphatic carbocycles. The molecule has 0 amide bonds. The van der Waals surface area contributed by atoms with Crippen molar-refractivity contribution in [3.8, 4) is 0 Å². The molecule has 0 aromatic carbocycles. The van der Waals surface area contributed by atoms with Gasteiger partial charge in [-0.15, -0.1) is 0 Å². The molecular weight excluding hydrogens is 188 g/mol. The van der Waals surface area contributed by atoms with Crippen molar-refractivity contribution in [1.82, 2.24) is 4.90 Å². The van der Waals surface area contributed by atoms with E-state index in [1.807, 2.05) is 0 Å². The Morgan fingerprint density at radius 2 is 2.00 bits per heavy atom. The maximum atomic E-state index is 8.71. The molecule has 1 atom stereocenters. The van der Waals surface area contributed by atoms with Crippen molar-refractivity contribution >= 4 is 0 Å². The third-order valence-electron chi connectivity index (χ3n) is 3.37. The fourth-order valence-corrected chi connectivity index (χ4v) is 2.40. The minimum Gasteiger partial charge on any atom is -0.396 e.